The van der Waals surface area contributed by atoms with Gasteiger partial charge in [0.1, 0.15) is 6.04 Å². The molecule has 2 rings (SSSR count). The third kappa shape index (κ3) is 7.83. The van der Waals surface area contributed by atoms with E-state index in [9.17, 15) is 9.59 Å². The molecule has 32 heavy (non-hydrogen) atoms. The van der Waals surface area contributed by atoms with Crippen LogP contribution in [-0.2, 0) is 22.6 Å². The van der Waals surface area contributed by atoms with Crippen molar-refractivity contribution in [3.05, 3.63) is 69.2 Å². The van der Waals surface area contributed by atoms with Gasteiger partial charge >= 0.3 is 0 Å². The van der Waals surface area contributed by atoms with Crippen LogP contribution in [0.1, 0.15) is 69.6 Å². The molecule has 0 fully saturated rings. The highest BCUT2D eigenvalue weighted by molar-refractivity contribution is 6.35. The van der Waals surface area contributed by atoms with Gasteiger partial charge in [-0.15, -0.1) is 0 Å². The maximum atomic E-state index is 13.2. The van der Waals surface area contributed by atoms with E-state index in [1.54, 1.807) is 30.0 Å². The SMILES string of the molecule is CCCCNC(=O)[C@H](C)N(Cc1ccc(Cl)cc1Cl)C(=O)CCc1ccc(C(C)C)cc1. The number of nitrogens with zero attached hydrogens (tertiary/aromatic N) is 1. The summed E-state index contributed by atoms with van der Waals surface area (Å²) >= 11 is 12.4. The van der Waals surface area contributed by atoms with Crippen LogP contribution in [0.25, 0.3) is 0 Å². The van der Waals surface area contributed by atoms with Crippen molar-refractivity contribution in [1.29, 1.82) is 0 Å². The number of halogens is 2. The fraction of sp³-hybridized carbons (Fsp3) is 0.462. The molecule has 0 radical (unpaired) electrons. The molecule has 1 atom stereocenters. The minimum atomic E-state index is -0.602. The average Bonchev–Trinajstić information content (AvgIpc) is 2.77. The van der Waals surface area contributed by atoms with E-state index in [-0.39, 0.29) is 18.4 Å². The number of benzene rings is 2. The second kappa shape index (κ2) is 12.9. The zero-order valence-electron chi connectivity index (χ0n) is 19.5. The van der Waals surface area contributed by atoms with Crippen molar-refractivity contribution in [3.8, 4) is 0 Å². The molecular weight excluding hydrogens is 443 g/mol. The lowest BCUT2D eigenvalue weighted by atomic mass is 10.00. The Morgan fingerprint density at radius 3 is 2.31 bits per heavy atom. The molecule has 4 nitrogen and oxygen atoms in total. The summed E-state index contributed by atoms with van der Waals surface area (Å²) < 4.78 is 0. The van der Waals surface area contributed by atoms with Gasteiger partial charge < -0.3 is 10.2 Å². The molecule has 0 aliphatic carbocycles. The topological polar surface area (TPSA) is 49.4 Å². The summed E-state index contributed by atoms with van der Waals surface area (Å²) in [5.41, 5.74) is 3.14. The zero-order chi connectivity index (χ0) is 23.7. The first-order valence-corrected chi connectivity index (χ1v) is 12.1. The fourth-order valence-corrected chi connectivity index (χ4v) is 3.88. The van der Waals surface area contributed by atoms with Crippen molar-refractivity contribution in [2.24, 2.45) is 0 Å². The van der Waals surface area contributed by atoms with Gasteiger partial charge in [-0.25, -0.2) is 0 Å². The van der Waals surface area contributed by atoms with E-state index in [4.69, 9.17) is 23.2 Å². The highest BCUT2D eigenvalue weighted by atomic mass is 35.5. The van der Waals surface area contributed by atoms with Crippen molar-refractivity contribution in [2.45, 2.75) is 71.9 Å². The molecule has 0 saturated carbocycles. The molecule has 0 bridgehead atoms. The molecule has 0 aliphatic heterocycles. The Morgan fingerprint density at radius 2 is 1.72 bits per heavy atom. The molecule has 6 heteroatoms. The minimum absolute atomic E-state index is 0.0814. The van der Waals surface area contributed by atoms with Crippen LogP contribution in [0, 0.1) is 0 Å². The van der Waals surface area contributed by atoms with Gasteiger partial charge in [-0.3, -0.25) is 9.59 Å². The van der Waals surface area contributed by atoms with Crippen molar-refractivity contribution >= 4 is 35.0 Å². The first kappa shape index (κ1) is 26.2. The normalized spacial score (nSPS) is 12.0. The second-order valence-corrected chi connectivity index (χ2v) is 9.32. The molecule has 2 amide bonds. The van der Waals surface area contributed by atoms with Crippen LogP contribution < -0.4 is 5.32 Å². The molecule has 0 unspecified atom stereocenters. The van der Waals surface area contributed by atoms with Crippen LogP contribution in [0.15, 0.2) is 42.5 Å². The zero-order valence-corrected chi connectivity index (χ0v) is 21.0. The number of hydrogen-bond acceptors (Lipinski definition) is 2. The van der Waals surface area contributed by atoms with Crippen molar-refractivity contribution in [1.82, 2.24) is 10.2 Å². The summed E-state index contributed by atoms with van der Waals surface area (Å²) in [6.45, 7) is 9.01. The van der Waals surface area contributed by atoms with Crippen LogP contribution in [-0.4, -0.2) is 29.3 Å². The Labute approximate surface area is 202 Å². The molecule has 2 aromatic rings. The summed E-state index contributed by atoms with van der Waals surface area (Å²) in [4.78, 5) is 27.5. The monoisotopic (exact) mass is 476 g/mol. The Balaban J connectivity index is 2.14. The third-order valence-corrected chi connectivity index (χ3v) is 6.21. The summed E-state index contributed by atoms with van der Waals surface area (Å²) in [6, 6.07) is 13.0. The molecule has 0 aliphatic rings. The van der Waals surface area contributed by atoms with Gasteiger partial charge in [0.15, 0.2) is 0 Å². The molecule has 0 saturated heterocycles. The summed E-state index contributed by atoms with van der Waals surface area (Å²) in [7, 11) is 0. The number of carbonyl (C=O) groups excluding carboxylic acids is 2. The van der Waals surface area contributed by atoms with Gasteiger partial charge in [0, 0.05) is 29.6 Å². The van der Waals surface area contributed by atoms with Gasteiger partial charge in [0.25, 0.3) is 0 Å². The van der Waals surface area contributed by atoms with Crippen molar-refractivity contribution in [3.63, 3.8) is 0 Å². The predicted octanol–water partition coefficient (Wildman–Crippen LogP) is 6.38. The third-order valence-electron chi connectivity index (χ3n) is 5.63. The molecule has 174 valence electrons. The fourth-order valence-electron chi connectivity index (χ4n) is 3.42. The Morgan fingerprint density at radius 1 is 1.03 bits per heavy atom. The highest BCUT2D eigenvalue weighted by Gasteiger charge is 2.26. The Hall–Kier alpha value is -2.04. The van der Waals surface area contributed by atoms with Gasteiger partial charge in [0.2, 0.25) is 11.8 Å². The van der Waals surface area contributed by atoms with Gasteiger partial charge in [-0.05, 0) is 54.5 Å². The minimum Gasteiger partial charge on any atom is -0.354 e. The van der Waals surface area contributed by atoms with Crippen molar-refractivity contribution in [2.75, 3.05) is 6.54 Å². The highest BCUT2D eigenvalue weighted by Crippen LogP contribution is 2.24. The quantitative estimate of drug-likeness (QED) is 0.382. The molecular formula is C26H34Cl2N2O2. The van der Waals surface area contributed by atoms with Gasteiger partial charge in [0.05, 0.1) is 0 Å². The van der Waals surface area contributed by atoms with E-state index < -0.39 is 6.04 Å². The van der Waals surface area contributed by atoms with Crippen LogP contribution in [0.4, 0.5) is 0 Å². The molecule has 0 spiro atoms. The van der Waals surface area contributed by atoms with E-state index in [0.717, 1.165) is 24.0 Å². The Kier molecular flexibility index (Phi) is 10.5. The number of amides is 2. The molecule has 0 aromatic heterocycles. The number of carbonyl (C=O) groups is 2. The predicted molar refractivity (Wildman–Crippen MR) is 133 cm³/mol. The summed E-state index contributed by atoms with van der Waals surface area (Å²) in [5, 5.41) is 3.95. The van der Waals surface area contributed by atoms with Crippen LogP contribution in [0.5, 0.6) is 0 Å². The number of nitrogens with one attached hydrogen (secondary N) is 1. The van der Waals surface area contributed by atoms with Crippen molar-refractivity contribution < 1.29 is 9.59 Å². The van der Waals surface area contributed by atoms with E-state index in [0.29, 0.717) is 35.3 Å². The first-order valence-electron chi connectivity index (χ1n) is 11.3. The first-order chi connectivity index (χ1) is 15.2. The van der Waals surface area contributed by atoms with Gasteiger partial charge in [-0.2, -0.15) is 0 Å². The maximum absolute atomic E-state index is 13.2. The smallest absolute Gasteiger partial charge is 0.242 e. The van der Waals surface area contributed by atoms with Crippen LogP contribution in [0.2, 0.25) is 10.0 Å². The van der Waals surface area contributed by atoms with Gasteiger partial charge in [-0.1, -0.05) is 80.7 Å². The standard InChI is InChI=1S/C26H34Cl2N2O2/c1-5-6-15-29-26(32)19(4)30(17-22-12-13-23(27)16-24(22)28)25(31)14-9-20-7-10-21(11-8-20)18(2)3/h7-8,10-13,16,18-19H,5-6,9,14-15,17H2,1-4H3,(H,29,32)/t19-/m0/s1. The molecule has 0 heterocycles. The number of aryl methyl sites for hydroxylation is 1. The second-order valence-electron chi connectivity index (χ2n) is 8.47. The number of hydrogen-bond donors (Lipinski definition) is 1. The summed E-state index contributed by atoms with van der Waals surface area (Å²) in [6.07, 6.45) is 2.83. The van der Waals surface area contributed by atoms with E-state index >= 15 is 0 Å². The van der Waals surface area contributed by atoms with E-state index in [1.807, 2.05) is 0 Å². The largest absolute Gasteiger partial charge is 0.354 e. The lowest BCUT2D eigenvalue weighted by molar-refractivity contribution is -0.140. The van der Waals surface area contributed by atoms with E-state index in [1.165, 1.54) is 5.56 Å². The lowest BCUT2D eigenvalue weighted by Gasteiger charge is -2.29. The Bertz CT molecular complexity index is 897. The lowest BCUT2D eigenvalue weighted by Crippen LogP contribution is -2.47. The summed E-state index contributed by atoms with van der Waals surface area (Å²) in [5.74, 6) is 0.234. The van der Waals surface area contributed by atoms with E-state index in [2.05, 4.69) is 50.4 Å². The average molecular weight is 477 g/mol. The van der Waals surface area contributed by atoms with Crippen LogP contribution >= 0.6 is 23.2 Å². The van der Waals surface area contributed by atoms with Crippen LogP contribution in [0.3, 0.4) is 0 Å². The molecule has 2 aromatic carbocycles. The molecule has 1 N–H and O–H groups in total. The maximum Gasteiger partial charge on any atom is 0.242 e. The number of rotatable bonds is 11. The number of unbranched alkanes of at least 4 members (excludes halogenated alkanes) is 1.